The summed E-state index contributed by atoms with van der Waals surface area (Å²) < 4.78 is 39.9. The second-order valence-electron chi connectivity index (χ2n) is 7.41. The number of carbonyl (C=O) groups is 1. The number of imidazole rings is 1. The van der Waals surface area contributed by atoms with Crippen molar-refractivity contribution in [2.45, 2.75) is 38.4 Å². The number of carboxylic acids is 1. The average molecular weight is 397 g/mol. The summed E-state index contributed by atoms with van der Waals surface area (Å²) in [5, 5.41) is 8.69. The van der Waals surface area contributed by atoms with Crippen LogP contribution in [-0.2, 0) is 21.2 Å². The summed E-state index contributed by atoms with van der Waals surface area (Å²) in [7, 11) is -3.40. The summed E-state index contributed by atoms with van der Waals surface area (Å²) in [4.78, 5) is 18.7. The minimum Gasteiger partial charge on any atom is -0.481 e. The number of piperidine rings is 1. The molecule has 3 rings (SSSR count). The molecule has 1 saturated heterocycles. The van der Waals surface area contributed by atoms with E-state index in [1.807, 2.05) is 0 Å². The molecule has 0 unspecified atom stereocenters. The van der Waals surface area contributed by atoms with Gasteiger partial charge in [-0.25, -0.2) is 22.1 Å². The van der Waals surface area contributed by atoms with Crippen LogP contribution in [0.2, 0.25) is 0 Å². The maximum absolute atomic E-state index is 13.4. The fourth-order valence-electron chi connectivity index (χ4n) is 3.68. The van der Waals surface area contributed by atoms with Crippen molar-refractivity contribution in [1.82, 2.24) is 14.3 Å². The standard InChI is InChI=1S/C18H24FN3O4S/c1-11(2)27(25,26)22-6-5-12(8-18(23)24)13(10-22)7-17-20-15-4-3-14(19)9-16(15)21-17/h3-4,9,11-13H,5-8,10H2,1-2H3,(H,20,21)(H,23,24)/t12-,13-/m0/s1. The van der Waals surface area contributed by atoms with Crippen LogP contribution in [0.5, 0.6) is 0 Å². The molecule has 1 aliphatic rings. The second kappa shape index (κ2) is 7.55. The van der Waals surface area contributed by atoms with Crippen LogP contribution in [0.3, 0.4) is 0 Å². The smallest absolute Gasteiger partial charge is 0.303 e. The molecule has 0 bridgehead atoms. The van der Waals surface area contributed by atoms with Crippen LogP contribution in [0.15, 0.2) is 18.2 Å². The summed E-state index contributed by atoms with van der Waals surface area (Å²) in [6.45, 7) is 3.88. The first-order valence-corrected chi connectivity index (χ1v) is 10.5. The average Bonchev–Trinajstić information content (AvgIpc) is 2.97. The first-order chi connectivity index (χ1) is 12.7. The fourth-order valence-corrected chi connectivity index (χ4v) is 5.04. The first kappa shape index (κ1) is 19.8. The molecule has 0 aliphatic carbocycles. The number of benzene rings is 1. The molecule has 1 fully saturated rings. The molecule has 9 heteroatoms. The van der Waals surface area contributed by atoms with Crippen LogP contribution in [-0.4, -0.2) is 52.1 Å². The van der Waals surface area contributed by atoms with E-state index >= 15 is 0 Å². The summed E-state index contributed by atoms with van der Waals surface area (Å²) in [6.07, 6.45) is 0.908. The van der Waals surface area contributed by atoms with Crippen molar-refractivity contribution in [3.05, 3.63) is 29.8 Å². The van der Waals surface area contributed by atoms with E-state index in [1.165, 1.54) is 16.4 Å². The Morgan fingerprint density at radius 2 is 2.15 bits per heavy atom. The molecule has 0 amide bonds. The van der Waals surface area contributed by atoms with Gasteiger partial charge in [0.2, 0.25) is 10.0 Å². The van der Waals surface area contributed by atoms with Gasteiger partial charge in [-0.05, 0) is 50.3 Å². The van der Waals surface area contributed by atoms with Gasteiger partial charge < -0.3 is 10.1 Å². The monoisotopic (exact) mass is 397 g/mol. The van der Waals surface area contributed by atoms with Crippen molar-refractivity contribution in [3.8, 4) is 0 Å². The molecule has 0 saturated carbocycles. The number of fused-ring (bicyclic) bond motifs is 1. The van der Waals surface area contributed by atoms with Gasteiger partial charge in [-0.1, -0.05) is 0 Å². The van der Waals surface area contributed by atoms with Crippen LogP contribution in [0, 0.1) is 17.7 Å². The Kier molecular flexibility index (Phi) is 5.53. The highest BCUT2D eigenvalue weighted by Gasteiger charge is 2.37. The van der Waals surface area contributed by atoms with Gasteiger partial charge in [0.05, 0.1) is 16.3 Å². The number of rotatable bonds is 6. The van der Waals surface area contributed by atoms with Gasteiger partial charge in [0.15, 0.2) is 0 Å². The van der Waals surface area contributed by atoms with E-state index < -0.39 is 21.2 Å². The van der Waals surface area contributed by atoms with E-state index in [0.717, 1.165) is 0 Å². The molecule has 2 atom stereocenters. The molecule has 0 radical (unpaired) electrons. The summed E-state index contributed by atoms with van der Waals surface area (Å²) in [5.74, 6) is -0.954. The second-order valence-corrected chi connectivity index (χ2v) is 9.90. The first-order valence-electron chi connectivity index (χ1n) is 9.01. The van der Waals surface area contributed by atoms with Gasteiger partial charge in [-0.15, -0.1) is 0 Å². The van der Waals surface area contributed by atoms with E-state index in [2.05, 4.69) is 9.97 Å². The molecule has 1 aliphatic heterocycles. The number of halogens is 1. The van der Waals surface area contributed by atoms with Crippen molar-refractivity contribution >= 4 is 27.0 Å². The summed E-state index contributed by atoms with van der Waals surface area (Å²) >= 11 is 0. The third-order valence-electron chi connectivity index (χ3n) is 5.20. The van der Waals surface area contributed by atoms with E-state index in [9.17, 15) is 22.7 Å². The highest BCUT2D eigenvalue weighted by molar-refractivity contribution is 7.89. The van der Waals surface area contributed by atoms with Gasteiger partial charge in [0, 0.05) is 25.9 Å². The highest BCUT2D eigenvalue weighted by Crippen LogP contribution is 2.31. The number of sulfonamides is 1. The molecule has 1 aromatic heterocycles. The predicted molar refractivity (Wildman–Crippen MR) is 99.2 cm³/mol. The maximum Gasteiger partial charge on any atom is 0.303 e. The minimum atomic E-state index is -3.40. The Bertz CT molecular complexity index is 941. The lowest BCUT2D eigenvalue weighted by molar-refractivity contribution is -0.138. The van der Waals surface area contributed by atoms with E-state index in [4.69, 9.17) is 0 Å². The zero-order valence-electron chi connectivity index (χ0n) is 15.4. The van der Waals surface area contributed by atoms with E-state index in [-0.39, 0.29) is 30.6 Å². The molecule has 2 aromatic rings. The Labute approximate surface area is 157 Å². The zero-order valence-corrected chi connectivity index (χ0v) is 16.2. The molecule has 0 spiro atoms. The molecule has 7 nitrogen and oxygen atoms in total. The number of H-pyrrole nitrogens is 1. The number of aromatic nitrogens is 2. The third kappa shape index (κ3) is 4.30. The van der Waals surface area contributed by atoms with Gasteiger partial charge in [-0.2, -0.15) is 0 Å². The van der Waals surface area contributed by atoms with E-state index in [1.54, 1.807) is 19.9 Å². The lowest BCUT2D eigenvalue weighted by Crippen LogP contribution is -2.47. The van der Waals surface area contributed by atoms with Crippen LogP contribution >= 0.6 is 0 Å². The van der Waals surface area contributed by atoms with Crippen LogP contribution < -0.4 is 0 Å². The lowest BCUT2D eigenvalue weighted by Gasteiger charge is -2.38. The lowest BCUT2D eigenvalue weighted by atomic mass is 9.82. The van der Waals surface area contributed by atoms with Crippen LogP contribution in [0.1, 0.15) is 32.5 Å². The molecular weight excluding hydrogens is 373 g/mol. The number of aliphatic carboxylic acids is 1. The number of hydrogen-bond donors (Lipinski definition) is 2. The number of nitrogens with one attached hydrogen (secondary N) is 1. The van der Waals surface area contributed by atoms with Crippen LogP contribution in [0.4, 0.5) is 4.39 Å². The topological polar surface area (TPSA) is 103 Å². The SMILES string of the molecule is CC(C)S(=O)(=O)N1CC[C@@H](CC(=O)O)[C@@H](Cc2nc3ccc(F)cc3[nH]2)C1. The summed E-state index contributed by atoms with van der Waals surface area (Å²) in [6, 6.07) is 4.27. The maximum atomic E-state index is 13.4. The molecule has 148 valence electrons. The van der Waals surface area contributed by atoms with Crippen molar-refractivity contribution in [3.63, 3.8) is 0 Å². The predicted octanol–water partition coefficient (Wildman–Crippen LogP) is 2.40. The normalized spacial score (nSPS) is 21.8. The third-order valence-corrected chi connectivity index (χ3v) is 7.44. The number of hydrogen-bond acceptors (Lipinski definition) is 4. The van der Waals surface area contributed by atoms with Crippen molar-refractivity contribution in [2.75, 3.05) is 13.1 Å². The van der Waals surface area contributed by atoms with Crippen molar-refractivity contribution < 1.29 is 22.7 Å². The van der Waals surface area contributed by atoms with E-state index in [0.29, 0.717) is 36.2 Å². The van der Waals surface area contributed by atoms with Crippen molar-refractivity contribution in [2.24, 2.45) is 11.8 Å². The minimum absolute atomic E-state index is 0.00487. The van der Waals surface area contributed by atoms with Crippen molar-refractivity contribution in [1.29, 1.82) is 0 Å². The number of carboxylic acid groups (broad SMARTS) is 1. The number of nitrogens with zero attached hydrogens (tertiary/aromatic N) is 2. The molecule has 2 N–H and O–H groups in total. The number of aromatic amines is 1. The zero-order chi connectivity index (χ0) is 19.8. The highest BCUT2D eigenvalue weighted by atomic mass is 32.2. The molecular formula is C18H24FN3O4S. The largest absolute Gasteiger partial charge is 0.481 e. The van der Waals surface area contributed by atoms with Gasteiger partial charge in [0.25, 0.3) is 0 Å². The van der Waals surface area contributed by atoms with Gasteiger partial charge in [-0.3, -0.25) is 4.79 Å². The Balaban J connectivity index is 1.85. The molecule has 2 heterocycles. The Morgan fingerprint density at radius 1 is 1.41 bits per heavy atom. The van der Waals surface area contributed by atoms with Gasteiger partial charge >= 0.3 is 5.97 Å². The Morgan fingerprint density at radius 3 is 2.81 bits per heavy atom. The van der Waals surface area contributed by atoms with Crippen LogP contribution in [0.25, 0.3) is 11.0 Å². The Hall–Kier alpha value is -2.00. The van der Waals surface area contributed by atoms with Gasteiger partial charge in [0.1, 0.15) is 11.6 Å². The summed E-state index contributed by atoms with van der Waals surface area (Å²) in [5.41, 5.74) is 1.20. The molecule has 27 heavy (non-hydrogen) atoms. The fraction of sp³-hybridized carbons (Fsp3) is 0.556. The quantitative estimate of drug-likeness (QED) is 0.779. The molecule has 1 aromatic carbocycles.